The molecule has 2 aromatic rings. The lowest BCUT2D eigenvalue weighted by molar-refractivity contribution is 0.201. The maximum absolute atomic E-state index is 8.89. The Morgan fingerprint density at radius 1 is 0.783 bits per heavy atom. The van der Waals surface area contributed by atoms with E-state index in [-0.39, 0.29) is 13.2 Å². The average molecular weight is 332 g/mol. The number of aliphatic hydroxyl groups excluding tert-OH is 2. The van der Waals surface area contributed by atoms with Crippen molar-refractivity contribution in [1.82, 2.24) is 0 Å². The van der Waals surface area contributed by atoms with Gasteiger partial charge in [0.05, 0.1) is 13.2 Å². The van der Waals surface area contributed by atoms with Gasteiger partial charge < -0.3 is 19.7 Å². The van der Waals surface area contributed by atoms with Crippen LogP contribution < -0.4 is 19.8 Å². The SMILES string of the molecule is C[Si](C)(c1cccc(OCCO)c1)c1cccc(OCCO)c1. The summed E-state index contributed by atoms with van der Waals surface area (Å²) in [7, 11) is -1.88. The van der Waals surface area contributed by atoms with E-state index in [9.17, 15) is 0 Å². The summed E-state index contributed by atoms with van der Waals surface area (Å²) in [5.41, 5.74) is 0. The molecule has 0 saturated carbocycles. The van der Waals surface area contributed by atoms with Crippen LogP contribution in [0, 0.1) is 0 Å². The average Bonchev–Trinajstić information content (AvgIpc) is 2.58. The number of aliphatic hydroxyl groups is 2. The van der Waals surface area contributed by atoms with Crippen LogP contribution >= 0.6 is 0 Å². The first-order chi connectivity index (χ1) is 11.1. The Morgan fingerprint density at radius 2 is 1.22 bits per heavy atom. The molecule has 0 saturated heterocycles. The summed E-state index contributed by atoms with van der Waals surface area (Å²) < 4.78 is 11.0. The fraction of sp³-hybridized carbons (Fsp3) is 0.333. The molecule has 0 radical (unpaired) electrons. The van der Waals surface area contributed by atoms with Gasteiger partial charge in [-0.05, 0) is 24.3 Å². The lowest BCUT2D eigenvalue weighted by Gasteiger charge is -2.24. The van der Waals surface area contributed by atoms with Crippen LogP contribution in [0.3, 0.4) is 0 Å². The third kappa shape index (κ3) is 4.57. The van der Waals surface area contributed by atoms with Crippen molar-refractivity contribution in [3.63, 3.8) is 0 Å². The molecular weight excluding hydrogens is 308 g/mol. The summed E-state index contributed by atoms with van der Waals surface area (Å²) in [4.78, 5) is 0. The molecule has 124 valence electrons. The summed E-state index contributed by atoms with van der Waals surface area (Å²) in [6.07, 6.45) is 0. The van der Waals surface area contributed by atoms with E-state index in [2.05, 4.69) is 37.4 Å². The van der Waals surface area contributed by atoms with Crippen molar-refractivity contribution in [1.29, 1.82) is 0 Å². The van der Waals surface area contributed by atoms with E-state index >= 15 is 0 Å². The fourth-order valence-electron chi connectivity index (χ4n) is 2.44. The molecule has 2 N–H and O–H groups in total. The van der Waals surface area contributed by atoms with Gasteiger partial charge in [0, 0.05) is 0 Å². The van der Waals surface area contributed by atoms with E-state index in [4.69, 9.17) is 19.7 Å². The van der Waals surface area contributed by atoms with Crippen molar-refractivity contribution in [2.45, 2.75) is 13.1 Å². The Kier molecular flexibility index (Phi) is 6.21. The van der Waals surface area contributed by atoms with Crippen LogP contribution in [0.25, 0.3) is 0 Å². The van der Waals surface area contributed by atoms with E-state index in [1.54, 1.807) is 0 Å². The molecule has 5 heteroatoms. The minimum atomic E-state index is -1.88. The quantitative estimate of drug-likeness (QED) is 0.715. The van der Waals surface area contributed by atoms with E-state index in [1.165, 1.54) is 10.4 Å². The highest BCUT2D eigenvalue weighted by Crippen LogP contribution is 2.15. The molecule has 0 aliphatic heterocycles. The molecule has 2 aromatic carbocycles. The maximum Gasteiger partial charge on any atom is 0.119 e. The van der Waals surface area contributed by atoms with Crippen molar-refractivity contribution in [3.05, 3.63) is 48.5 Å². The molecule has 0 spiro atoms. The third-order valence-corrected chi connectivity index (χ3v) is 7.34. The third-order valence-electron chi connectivity index (χ3n) is 3.83. The van der Waals surface area contributed by atoms with Crippen molar-refractivity contribution in [2.24, 2.45) is 0 Å². The molecule has 2 rings (SSSR count). The molecule has 0 aliphatic carbocycles. The highest BCUT2D eigenvalue weighted by Gasteiger charge is 2.26. The molecule has 0 fully saturated rings. The molecule has 0 aromatic heterocycles. The first kappa shape index (κ1) is 17.5. The smallest absolute Gasteiger partial charge is 0.119 e. The Morgan fingerprint density at radius 3 is 1.61 bits per heavy atom. The monoisotopic (exact) mass is 332 g/mol. The number of rotatable bonds is 8. The second kappa shape index (κ2) is 8.15. The molecule has 23 heavy (non-hydrogen) atoms. The number of hydrogen-bond acceptors (Lipinski definition) is 4. The normalized spacial score (nSPS) is 11.3. The van der Waals surface area contributed by atoms with E-state index in [0.717, 1.165) is 11.5 Å². The van der Waals surface area contributed by atoms with Gasteiger partial charge in [-0.3, -0.25) is 0 Å². The minimum Gasteiger partial charge on any atom is -0.491 e. The van der Waals surface area contributed by atoms with Crippen LogP contribution in [0.1, 0.15) is 0 Å². The summed E-state index contributed by atoms with van der Waals surface area (Å²) in [6.45, 7) is 5.18. The van der Waals surface area contributed by atoms with Gasteiger partial charge in [0.1, 0.15) is 32.8 Å². The van der Waals surface area contributed by atoms with Gasteiger partial charge >= 0.3 is 0 Å². The van der Waals surface area contributed by atoms with Crippen molar-refractivity contribution in [3.8, 4) is 11.5 Å². The van der Waals surface area contributed by atoms with Crippen LogP contribution in [-0.4, -0.2) is 44.7 Å². The summed E-state index contributed by atoms with van der Waals surface area (Å²) in [5.74, 6) is 1.56. The Labute approximate surface area is 138 Å². The Hall–Kier alpha value is -1.82. The van der Waals surface area contributed by atoms with Crippen LogP contribution in [0.5, 0.6) is 11.5 Å². The van der Waals surface area contributed by atoms with Gasteiger partial charge in [-0.15, -0.1) is 0 Å². The second-order valence-electron chi connectivity index (χ2n) is 5.82. The molecule has 0 unspecified atom stereocenters. The van der Waals surface area contributed by atoms with E-state index < -0.39 is 8.07 Å². The largest absolute Gasteiger partial charge is 0.491 e. The van der Waals surface area contributed by atoms with Gasteiger partial charge in [0.2, 0.25) is 0 Å². The van der Waals surface area contributed by atoms with Crippen molar-refractivity contribution >= 4 is 18.4 Å². The number of benzene rings is 2. The van der Waals surface area contributed by atoms with Gasteiger partial charge in [0.25, 0.3) is 0 Å². The highest BCUT2D eigenvalue weighted by molar-refractivity contribution is 7.00. The zero-order chi connectivity index (χ0) is 16.7. The van der Waals surface area contributed by atoms with E-state index in [0.29, 0.717) is 13.2 Å². The summed E-state index contributed by atoms with van der Waals surface area (Å²) >= 11 is 0. The molecule has 0 bridgehead atoms. The predicted octanol–water partition coefficient (Wildman–Crippen LogP) is 1.25. The highest BCUT2D eigenvalue weighted by atomic mass is 28.3. The molecule has 0 aliphatic rings. The predicted molar refractivity (Wildman–Crippen MR) is 94.8 cm³/mol. The fourth-order valence-corrected chi connectivity index (χ4v) is 4.81. The maximum atomic E-state index is 8.89. The van der Waals surface area contributed by atoms with Crippen LogP contribution in [-0.2, 0) is 0 Å². The topological polar surface area (TPSA) is 58.9 Å². The molecular formula is C18H24O4Si. The van der Waals surface area contributed by atoms with Gasteiger partial charge in [-0.2, -0.15) is 0 Å². The molecule has 0 amide bonds. The molecule has 4 nitrogen and oxygen atoms in total. The van der Waals surface area contributed by atoms with Crippen molar-refractivity contribution in [2.75, 3.05) is 26.4 Å². The Balaban J connectivity index is 2.26. The van der Waals surface area contributed by atoms with Gasteiger partial charge in [-0.1, -0.05) is 47.7 Å². The first-order valence-corrected chi connectivity index (χ1v) is 10.8. The number of ether oxygens (including phenoxy) is 2. The Bertz CT molecular complexity index is 574. The van der Waals surface area contributed by atoms with Crippen molar-refractivity contribution < 1.29 is 19.7 Å². The number of hydrogen-bond donors (Lipinski definition) is 2. The summed E-state index contributed by atoms with van der Waals surface area (Å²) in [5, 5.41) is 20.3. The molecule has 0 atom stereocenters. The van der Waals surface area contributed by atoms with Crippen LogP contribution in [0.4, 0.5) is 0 Å². The van der Waals surface area contributed by atoms with Crippen LogP contribution in [0.15, 0.2) is 48.5 Å². The zero-order valence-electron chi connectivity index (χ0n) is 13.7. The van der Waals surface area contributed by atoms with E-state index in [1.807, 2.05) is 24.3 Å². The van der Waals surface area contributed by atoms with Crippen LogP contribution in [0.2, 0.25) is 13.1 Å². The lowest BCUT2D eigenvalue weighted by Crippen LogP contribution is -2.52. The lowest BCUT2D eigenvalue weighted by atomic mass is 10.3. The second-order valence-corrected chi connectivity index (χ2v) is 10.2. The minimum absolute atomic E-state index is 0.00922. The standard InChI is InChI=1S/C18H24O4Si/c1-23(2,17-7-3-5-15(13-17)21-11-9-19)18-8-4-6-16(14-18)22-12-10-20/h3-8,13-14,19-20H,9-12H2,1-2H3. The molecule has 0 heterocycles. The van der Waals surface area contributed by atoms with Gasteiger partial charge in [0.15, 0.2) is 0 Å². The summed E-state index contributed by atoms with van der Waals surface area (Å²) in [6, 6.07) is 16.2. The first-order valence-electron chi connectivity index (χ1n) is 7.76. The van der Waals surface area contributed by atoms with Gasteiger partial charge in [-0.25, -0.2) is 0 Å². The zero-order valence-corrected chi connectivity index (χ0v) is 14.7.